The first-order valence-corrected chi connectivity index (χ1v) is 8.22. The van der Waals surface area contributed by atoms with Crippen LogP contribution >= 0.6 is 0 Å². The zero-order valence-electron chi connectivity index (χ0n) is 12.5. The second-order valence-electron chi connectivity index (χ2n) is 4.48. The molecule has 0 bridgehead atoms. The van der Waals surface area contributed by atoms with Crippen LogP contribution < -0.4 is 5.73 Å². The summed E-state index contributed by atoms with van der Waals surface area (Å²) in [6, 6.07) is 15.2. The molecule has 0 saturated carbocycles. The molecule has 2 aromatic carbocycles. The summed E-state index contributed by atoms with van der Waals surface area (Å²) in [5.41, 5.74) is 5.92. The van der Waals surface area contributed by atoms with Crippen LogP contribution in [0.4, 0.5) is 4.79 Å². The van der Waals surface area contributed by atoms with E-state index in [4.69, 9.17) is 5.73 Å². The fourth-order valence-corrected chi connectivity index (χ4v) is 2.92. The van der Waals surface area contributed by atoms with Crippen LogP contribution in [0, 0.1) is 0 Å². The number of hydrogen-bond acceptors (Lipinski definition) is 5. The number of aromatic amines is 1. The molecule has 1 aromatic heterocycles. The van der Waals surface area contributed by atoms with Crippen molar-refractivity contribution in [3.63, 3.8) is 0 Å². The number of rotatable bonds is 3. The fraction of sp³-hybridized carbons (Fsp3) is 0. The standard InChI is InChI=1S/C13H11NO4S.C3H4N2/c14-13(15)18-19(16,17)12-9-5-4-8-11(12)10-6-2-1-3-7-10;1-2-5-3-4-1/h1-9H,(H2,14,15);1-3H,(H,4,5). The first-order chi connectivity index (χ1) is 11.5. The topological polar surface area (TPSA) is 115 Å². The molecule has 0 fully saturated rings. The van der Waals surface area contributed by atoms with Gasteiger partial charge in [0.1, 0.15) is 4.90 Å². The third-order valence-electron chi connectivity index (χ3n) is 2.84. The minimum absolute atomic E-state index is 0.0972. The molecule has 3 rings (SSSR count). The van der Waals surface area contributed by atoms with Crippen molar-refractivity contribution in [2.45, 2.75) is 4.90 Å². The van der Waals surface area contributed by atoms with Gasteiger partial charge in [-0.2, -0.15) is 8.42 Å². The summed E-state index contributed by atoms with van der Waals surface area (Å²) in [5, 5.41) is 0. The number of aromatic nitrogens is 2. The largest absolute Gasteiger partial charge is 0.420 e. The van der Waals surface area contributed by atoms with E-state index in [2.05, 4.69) is 14.2 Å². The van der Waals surface area contributed by atoms with Gasteiger partial charge >= 0.3 is 16.2 Å². The van der Waals surface area contributed by atoms with E-state index in [0.717, 1.165) is 0 Å². The molecule has 0 aliphatic rings. The van der Waals surface area contributed by atoms with Crippen molar-refractivity contribution in [2.75, 3.05) is 0 Å². The average molecular weight is 345 g/mol. The van der Waals surface area contributed by atoms with E-state index in [0.29, 0.717) is 11.1 Å². The Kier molecular flexibility index (Phi) is 5.69. The number of carbonyl (C=O) groups is 1. The number of carbonyl (C=O) groups excluding carboxylic acids is 1. The smallest absolute Gasteiger partial charge is 0.351 e. The second kappa shape index (κ2) is 7.93. The molecule has 3 aromatic rings. The zero-order chi connectivity index (χ0) is 17.4. The van der Waals surface area contributed by atoms with E-state index in [1.54, 1.807) is 61.2 Å². The summed E-state index contributed by atoms with van der Waals surface area (Å²) in [4.78, 5) is 17.0. The van der Waals surface area contributed by atoms with Crippen molar-refractivity contribution >= 4 is 16.2 Å². The molecule has 7 nitrogen and oxygen atoms in total. The second-order valence-corrected chi connectivity index (χ2v) is 5.99. The molecule has 0 spiro atoms. The molecule has 0 unspecified atom stereocenters. The maximum absolute atomic E-state index is 11.9. The van der Waals surface area contributed by atoms with Gasteiger partial charge < -0.3 is 14.9 Å². The van der Waals surface area contributed by atoms with Crippen LogP contribution in [0.2, 0.25) is 0 Å². The Morgan fingerprint density at radius 3 is 2.25 bits per heavy atom. The van der Waals surface area contributed by atoms with Crippen LogP contribution in [0.3, 0.4) is 0 Å². The highest BCUT2D eigenvalue weighted by Crippen LogP contribution is 2.28. The molecular formula is C16H15N3O4S. The van der Waals surface area contributed by atoms with E-state index >= 15 is 0 Å². The van der Waals surface area contributed by atoms with Crippen LogP contribution in [-0.4, -0.2) is 24.5 Å². The maximum Gasteiger partial charge on any atom is 0.420 e. The number of primary amides is 1. The quantitative estimate of drug-likeness (QED) is 0.708. The van der Waals surface area contributed by atoms with Gasteiger partial charge in [-0.15, -0.1) is 0 Å². The van der Waals surface area contributed by atoms with Crippen LogP contribution in [0.25, 0.3) is 11.1 Å². The van der Waals surface area contributed by atoms with Crippen LogP contribution in [0.1, 0.15) is 0 Å². The zero-order valence-corrected chi connectivity index (χ0v) is 13.3. The summed E-state index contributed by atoms with van der Waals surface area (Å²) < 4.78 is 28.0. The third-order valence-corrected chi connectivity index (χ3v) is 4.12. The van der Waals surface area contributed by atoms with Gasteiger partial charge in [0.05, 0.1) is 6.33 Å². The molecule has 0 radical (unpaired) electrons. The summed E-state index contributed by atoms with van der Waals surface area (Å²) in [6.45, 7) is 0. The Bertz CT molecular complexity index is 861. The number of nitrogens with one attached hydrogen (secondary N) is 1. The number of nitrogens with two attached hydrogens (primary N) is 1. The minimum Gasteiger partial charge on any atom is -0.351 e. The molecule has 24 heavy (non-hydrogen) atoms. The van der Waals surface area contributed by atoms with Gasteiger partial charge in [-0.1, -0.05) is 48.5 Å². The summed E-state index contributed by atoms with van der Waals surface area (Å²) >= 11 is 0. The lowest BCUT2D eigenvalue weighted by molar-refractivity contribution is 0.213. The van der Waals surface area contributed by atoms with Gasteiger partial charge in [0.15, 0.2) is 0 Å². The Hall–Kier alpha value is -3.13. The molecule has 1 amide bonds. The molecule has 124 valence electrons. The van der Waals surface area contributed by atoms with E-state index in [-0.39, 0.29) is 4.90 Å². The van der Waals surface area contributed by atoms with E-state index in [9.17, 15) is 13.2 Å². The predicted molar refractivity (Wildman–Crippen MR) is 88.3 cm³/mol. The van der Waals surface area contributed by atoms with Crippen molar-refractivity contribution < 1.29 is 17.4 Å². The first-order valence-electron chi connectivity index (χ1n) is 6.82. The highest BCUT2D eigenvalue weighted by molar-refractivity contribution is 7.87. The number of hydrogen-bond donors (Lipinski definition) is 2. The first kappa shape index (κ1) is 17.2. The number of imidazole rings is 1. The predicted octanol–water partition coefficient (Wildman–Crippen LogP) is 2.55. The lowest BCUT2D eigenvalue weighted by Gasteiger charge is -2.09. The Labute approximate surface area is 139 Å². The van der Waals surface area contributed by atoms with Crippen molar-refractivity contribution in [2.24, 2.45) is 5.73 Å². The van der Waals surface area contributed by atoms with E-state index in [1.807, 2.05) is 6.07 Å². The van der Waals surface area contributed by atoms with Crippen molar-refractivity contribution in [1.29, 1.82) is 0 Å². The van der Waals surface area contributed by atoms with Gasteiger partial charge in [-0.05, 0) is 11.6 Å². The summed E-state index contributed by atoms with van der Waals surface area (Å²) in [6.07, 6.45) is 3.72. The number of nitrogens with zero attached hydrogens (tertiary/aromatic N) is 1. The molecule has 0 aliphatic carbocycles. The minimum atomic E-state index is -4.21. The summed E-state index contributed by atoms with van der Waals surface area (Å²) in [7, 11) is -4.21. The maximum atomic E-state index is 11.9. The Balaban J connectivity index is 0.000000355. The normalized spacial score (nSPS) is 10.3. The highest BCUT2D eigenvalue weighted by atomic mass is 32.2. The lowest BCUT2D eigenvalue weighted by atomic mass is 10.1. The van der Waals surface area contributed by atoms with E-state index in [1.165, 1.54) is 6.07 Å². The number of H-pyrrole nitrogens is 1. The van der Waals surface area contributed by atoms with Crippen LogP contribution in [0.15, 0.2) is 78.2 Å². The Morgan fingerprint density at radius 2 is 1.71 bits per heavy atom. The van der Waals surface area contributed by atoms with Crippen LogP contribution in [0.5, 0.6) is 0 Å². The molecule has 0 atom stereocenters. The third kappa shape index (κ3) is 4.68. The molecular weight excluding hydrogens is 330 g/mol. The van der Waals surface area contributed by atoms with Crippen molar-refractivity contribution in [1.82, 2.24) is 9.97 Å². The van der Waals surface area contributed by atoms with Gasteiger partial charge in [0, 0.05) is 18.0 Å². The summed E-state index contributed by atoms with van der Waals surface area (Å²) in [5.74, 6) is 0. The van der Waals surface area contributed by atoms with Crippen molar-refractivity contribution in [3.8, 4) is 11.1 Å². The van der Waals surface area contributed by atoms with Gasteiger partial charge in [-0.3, -0.25) is 0 Å². The molecule has 3 N–H and O–H groups in total. The lowest BCUT2D eigenvalue weighted by Crippen LogP contribution is -2.19. The van der Waals surface area contributed by atoms with Gasteiger partial charge in [-0.25, -0.2) is 9.78 Å². The molecule has 1 heterocycles. The van der Waals surface area contributed by atoms with Crippen molar-refractivity contribution in [3.05, 3.63) is 73.3 Å². The highest BCUT2D eigenvalue weighted by Gasteiger charge is 2.22. The monoisotopic (exact) mass is 345 g/mol. The SMILES string of the molecule is NC(=O)OS(=O)(=O)c1ccccc1-c1ccccc1.c1c[nH]cn1. The molecule has 0 saturated heterocycles. The number of amides is 1. The average Bonchev–Trinajstić information content (AvgIpc) is 3.14. The van der Waals surface area contributed by atoms with Gasteiger partial charge in [0.2, 0.25) is 0 Å². The number of benzene rings is 2. The molecule has 8 heteroatoms. The van der Waals surface area contributed by atoms with E-state index < -0.39 is 16.2 Å². The molecule has 0 aliphatic heterocycles. The fourth-order valence-electron chi connectivity index (χ4n) is 1.91. The van der Waals surface area contributed by atoms with Crippen LogP contribution in [-0.2, 0) is 14.3 Å². The van der Waals surface area contributed by atoms with Gasteiger partial charge in [0.25, 0.3) is 0 Å². The Morgan fingerprint density at radius 1 is 1.04 bits per heavy atom.